The lowest BCUT2D eigenvalue weighted by Crippen LogP contribution is -2.51. The Morgan fingerprint density at radius 3 is 2.47 bits per heavy atom. The molecule has 1 aromatic rings. The first-order valence-corrected chi connectivity index (χ1v) is 6.87. The fraction of sp³-hybridized carbons (Fsp3) is 0.500. The van der Waals surface area contributed by atoms with E-state index in [-0.39, 0.29) is 0 Å². The lowest BCUT2D eigenvalue weighted by Gasteiger charge is -2.31. The van der Waals surface area contributed by atoms with E-state index in [1.165, 1.54) is 8.61 Å². The molecule has 0 spiro atoms. The van der Waals surface area contributed by atoms with Crippen molar-refractivity contribution in [2.45, 2.75) is 0 Å². The average Bonchev–Trinajstić information content (AvgIpc) is 2.40. The highest BCUT2D eigenvalue weighted by Gasteiger charge is 2.28. The van der Waals surface area contributed by atoms with Crippen molar-refractivity contribution < 1.29 is 8.42 Å². The lowest BCUT2D eigenvalue weighted by molar-refractivity contribution is 0.359. The molecule has 0 bridgehead atoms. The second kappa shape index (κ2) is 4.99. The molecular weight excluding hydrogens is 240 g/mol. The van der Waals surface area contributed by atoms with Gasteiger partial charge in [-0.3, -0.25) is 9.29 Å². The van der Waals surface area contributed by atoms with Crippen LogP contribution < -0.4 is 9.62 Å². The summed E-state index contributed by atoms with van der Waals surface area (Å²) in [5, 5.41) is 3.13. The Labute approximate surface area is 101 Å². The number of hydrogen-bond donors (Lipinski definition) is 1. The SMILES string of the molecule is CN(c1ccncc1)S(=O)(=O)N1CCNCC1. The van der Waals surface area contributed by atoms with Gasteiger partial charge in [0.1, 0.15) is 0 Å². The zero-order valence-corrected chi connectivity index (χ0v) is 10.5. The predicted octanol–water partition coefficient (Wildman–Crippen LogP) is -0.332. The number of nitrogens with one attached hydrogen (secondary N) is 1. The largest absolute Gasteiger partial charge is 0.314 e. The van der Waals surface area contributed by atoms with Crippen molar-refractivity contribution in [1.29, 1.82) is 0 Å². The van der Waals surface area contributed by atoms with Crippen molar-refractivity contribution in [3.63, 3.8) is 0 Å². The second-order valence-corrected chi connectivity index (χ2v) is 5.79. The second-order valence-electron chi connectivity index (χ2n) is 3.83. The van der Waals surface area contributed by atoms with E-state index in [1.54, 1.807) is 31.6 Å². The lowest BCUT2D eigenvalue weighted by atomic mass is 10.4. The minimum absolute atomic E-state index is 0.512. The number of rotatable bonds is 3. The van der Waals surface area contributed by atoms with Crippen molar-refractivity contribution in [2.24, 2.45) is 0 Å². The van der Waals surface area contributed by atoms with E-state index in [2.05, 4.69) is 10.3 Å². The smallest absolute Gasteiger partial charge is 0.303 e. The van der Waals surface area contributed by atoms with Crippen LogP contribution in [0.4, 0.5) is 5.69 Å². The Morgan fingerprint density at radius 2 is 1.88 bits per heavy atom. The summed E-state index contributed by atoms with van der Waals surface area (Å²) in [6, 6.07) is 3.36. The molecule has 7 heteroatoms. The maximum Gasteiger partial charge on any atom is 0.303 e. The molecule has 0 aliphatic carbocycles. The Balaban J connectivity index is 2.20. The molecule has 1 fully saturated rings. The number of aromatic nitrogens is 1. The number of anilines is 1. The van der Waals surface area contributed by atoms with Crippen molar-refractivity contribution in [2.75, 3.05) is 37.5 Å². The van der Waals surface area contributed by atoms with Gasteiger partial charge in [0.2, 0.25) is 0 Å². The fourth-order valence-electron chi connectivity index (χ4n) is 1.74. The fourth-order valence-corrected chi connectivity index (χ4v) is 3.11. The zero-order valence-electron chi connectivity index (χ0n) is 9.70. The van der Waals surface area contributed by atoms with Gasteiger partial charge < -0.3 is 5.32 Å². The van der Waals surface area contributed by atoms with E-state index < -0.39 is 10.2 Å². The van der Waals surface area contributed by atoms with Crippen LogP contribution in [0, 0.1) is 0 Å². The molecule has 1 aromatic heterocycles. The van der Waals surface area contributed by atoms with E-state index in [1.807, 2.05) is 0 Å². The number of hydrogen-bond acceptors (Lipinski definition) is 4. The molecule has 1 aliphatic rings. The number of piperazine rings is 1. The van der Waals surface area contributed by atoms with Gasteiger partial charge in [-0.25, -0.2) is 0 Å². The molecule has 1 N–H and O–H groups in total. The van der Waals surface area contributed by atoms with Crippen LogP contribution in [-0.4, -0.2) is 50.9 Å². The summed E-state index contributed by atoms with van der Waals surface area (Å²) in [4.78, 5) is 3.88. The average molecular weight is 256 g/mol. The van der Waals surface area contributed by atoms with E-state index in [0.717, 1.165) is 0 Å². The first-order valence-electron chi connectivity index (χ1n) is 5.47. The van der Waals surface area contributed by atoms with Gasteiger partial charge in [-0.1, -0.05) is 0 Å². The molecule has 2 heterocycles. The van der Waals surface area contributed by atoms with Gasteiger partial charge in [0.05, 0.1) is 5.69 Å². The molecule has 1 saturated heterocycles. The van der Waals surface area contributed by atoms with Gasteiger partial charge in [-0.2, -0.15) is 12.7 Å². The van der Waals surface area contributed by atoms with Gasteiger partial charge in [0.15, 0.2) is 0 Å². The quantitative estimate of drug-likeness (QED) is 0.804. The first kappa shape index (κ1) is 12.3. The van der Waals surface area contributed by atoms with Crippen molar-refractivity contribution in [1.82, 2.24) is 14.6 Å². The molecule has 1 aliphatic heterocycles. The highest BCUT2D eigenvalue weighted by atomic mass is 32.2. The van der Waals surface area contributed by atoms with E-state index in [0.29, 0.717) is 31.9 Å². The van der Waals surface area contributed by atoms with Crippen LogP contribution in [0.25, 0.3) is 0 Å². The minimum atomic E-state index is -3.42. The summed E-state index contributed by atoms with van der Waals surface area (Å²) >= 11 is 0. The van der Waals surface area contributed by atoms with Crippen LogP contribution in [-0.2, 0) is 10.2 Å². The molecule has 0 radical (unpaired) electrons. The van der Waals surface area contributed by atoms with Gasteiger partial charge in [0.25, 0.3) is 0 Å². The Bertz CT molecular complexity index is 456. The summed E-state index contributed by atoms with van der Waals surface area (Å²) in [6.07, 6.45) is 3.16. The van der Waals surface area contributed by atoms with Crippen molar-refractivity contribution in [3.05, 3.63) is 24.5 Å². The number of pyridine rings is 1. The van der Waals surface area contributed by atoms with Crippen LogP contribution in [0.5, 0.6) is 0 Å². The Kier molecular flexibility index (Phi) is 3.60. The highest BCUT2D eigenvalue weighted by Crippen LogP contribution is 2.17. The van der Waals surface area contributed by atoms with E-state index in [9.17, 15) is 8.42 Å². The summed E-state index contributed by atoms with van der Waals surface area (Å²) in [5.41, 5.74) is 0.624. The van der Waals surface area contributed by atoms with Crippen LogP contribution in [0.1, 0.15) is 0 Å². The first-order chi connectivity index (χ1) is 8.12. The molecule has 2 rings (SSSR count). The Morgan fingerprint density at radius 1 is 1.29 bits per heavy atom. The molecule has 0 saturated carbocycles. The standard InChI is InChI=1S/C10H16N4O2S/c1-13(10-2-4-11-5-3-10)17(15,16)14-8-6-12-7-9-14/h2-5,12H,6-9H2,1H3. The summed E-state index contributed by atoms with van der Waals surface area (Å²) in [7, 11) is -1.85. The Hall–Kier alpha value is -1.18. The van der Waals surface area contributed by atoms with E-state index in [4.69, 9.17) is 0 Å². The van der Waals surface area contributed by atoms with Gasteiger partial charge >= 0.3 is 10.2 Å². The molecule has 0 amide bonds. The molecular formula is C10H16N4O2S. The van der Waals surface area contributed by atoms with Crippen LogP contribution >= 0.6 is 0 Å². The summed E-state index contributed by atoms with van der Waals surface area (Å²) in [6.45, 7) is 2.42. The van der Waals surface area contributed by atoms with Gasteiger partial charge in [0, 0.05) is 45.6 Å². The summed E-state index contributed by atoms with van der Waals surface area (Å²) < 4.78 is 27.4. The normalized spacial score (nSPS) is 17.9. The van der Waals surface area contributed by atoms with Gasteiger partial charge in [-0.05, 0) is 12.1 Å². The van der Waals surface area contributed by atoms with E-state index >= 15 is 0 Å². The molecule has 94 valence electrons. The molecule has 0 unspecified atom stereocenters. The third-order valence-electron chi connectivity index (χ3n) is 2.77. The zero-order chi connectivity index (χ0) is 12.3. The molecule has 6 nitrogen and oxygen atoms in total. The highest BCUT2D eigenvalue weighted by molar-refractivity contribution is 7.90. The van der Waals surface area contributed by atoms with Crippen molar-refractivity contribution >= 4 is 15.9 Å². The maximum atomic E-state index is 12.3. The number of nitrogens with zero attached hydrogens (tertiary/aromatic N) is 3. The van der Waals surface area contributed by atoms with Crippen LogP contribution in [0.3, 0.4) is 0 Å². The van der Waals surface area contributed by atoms with Gasteiger partial charge in [-0.15, -0.1) is 0 Å². The predicted molar refractivity (Wildman–Crippen MR) is 66.0 cm³/mol. The third kappa shape index (κ3) is 2.56. The van der Waals surface area contributed by atoms with Crippen LogP contribution in [0.15, 0.2) is 24.5 Å². The minimum Gasteiger partial charge on any atom is -0.314 e. The molecule has 0 aromatic carbocycles. The maximum absolute atomic E-state index is 12.3. The monoisotopic (exact) mass is 256 g/mol. The topological polar surface area (TPSA) is 65.5 Å². The summed E-state index contributed by atoms with van der Waals surface area (Å²) in [5.74, 6) is 0. The third-order valence-corrected chi connectivity index (χ3v) is 4.70. The van der Waals surface area contributed by atoms with Crippen molar-refractivity contribution in [3.8, 4) is 0 Å². The van der Waals surface area contributed by atoms with Crippen LogP contribution in [0.2, 0.25) is 0 Å². The molecule has 17 heavy (non-hydrogen) atoms. The molecule has 0 atom stereocenters.